The summed E-state index contributed by atoms with van der Waals surface area (Å²) in [5, 5.41) is 0. The first kappa shape index (κ1) is 65.1. The molecule has 69 heavy (non-hydrogen) atoms. The van der Waals surface area contributed by atoms with Gasteiger partial charge in [0.2, 0.25) is 0 Å². The van der Waals surface area contributed by atoms with Crippen LogP contribution in [0.3, 0.4) is 0 Å². The molecule has 0 rings (SSSR count). The number of rotatable bonds is 50. The van der Waals surface area contributed by atoms with E-state index in [0.717, 1.165) is 122 Å². The molecule has 0 saturated carbocycles. The van der Waals surface area contributed by atoms with Crippen LogP contribution in [0, 0.1) is 0 Å². The molecule has 0 aliphatic rings. The van der Waals surface area contributed by atoms with Crippen LogP contribution in [0.2, 0.25) is 0 Å². The molecule has 0 radical (unpaired) electrons. The van der Waals surface area contributed by atoms with Gasteiger partial charge in [-0.25, -0.2) is 0 Å². The van der Waals surface area contributed by atoms with Crippen molar-refractivity contribution in [3.8, 4) is 0 Å². The van der Waals surface area contributed by atoms with Gasteiger partial charge in [0.05, 0.1) is 0 Å². The molecule has 1 unspecified atom stereocenters. The van der Waals surface area contributed by atoms with Gasteiger partial charge in [-0.1, -0.05) is 239 Å². The third kappa shape index (κ3) is 54.9. The predicted molar refractivity (Wildman–Crippen MR) is 297 cm³/mol. The summed E-state index contributed by atoms with van der Waals surface area (Å²) < 4.78 is 16.7. The van der Waals surface area contributed by atoms with E-state index in [0.29, 0.717) is 19.3 Å². The Morgan fingerprint density at radius 2 is 0.565 bits per heavy atom. The van der Waals surface area contributed by atoms with Crippen molar-refractivity contribution in [2.75, 3.05) is 13.2 Å². The van der Waals surface area contributed by atoms with Crippen molar-refractivity contribution in [3.05, 3.63) is 109 Å². The Labute approximate surface area is 425 Å². The van der Waals surface area contributed by atoms with E-state index in [1.807, 2.05) is 0 Å². The summed E-state index contributed by atoms with van der Waals surface area (Å²) in [7, 11) is 0. The molecule has 0 aliphatic heterocycles. The van der Waals surface area contributed by atoms with Crippen LogP contribution in [0.4, 0.5) is 0 Å². The van der Waals surface area contributed by atoms with Crippen molar-refractivity contribution in [1.82, 2.24) is 0 Å². The van der Waals surface area contributed by atoms with Crippen LogP contribution in [-0.4, -0.2) is 37.2 Å². The highest BCUT2D eigenvalue weighted by Gasteiger charge is 2.19. The van der Waals surface area contributed by atoms with Gasteiger partial charge < -0.3 is 14.2 Å². The minimum Gasteiger partial charge on any atom is -0.462 e. The molecule has 0 amide bonds. The first-order chi connectivity index (χ1) is 34.0. The molecular formula is C63H104O6. The van der Waals surface area contributed by atoms with E-state index in [1.54, 1.807) is 0 Å². The summed E-state index contributed by atoms with van der Waals surface area (Å²) in [6, 6.07) is 0. The number of allylic oxidation sites excluding steroid dienone is 18. The number of hydrogen-bond acceptors (Lipinski definition) is 6. The minimum absolute atomic E-state index is 0.0897. The Kier molecular flexibility index (Phi) is 53.4. The molecule has 0 bridgehead atoms. The summed E-state index contributed by atoms with van der Waals surface area (Å²) in [5.74, 6) is -0.930. The zero-order valence-electron chi connectivity index (χ0n) is 44.8. The minimum atomic E-state index is -0.791. The Morgan fingerprint density at radius 1 is 0.304 bits per heavy atom. The number of unbranched alkanes of at least 4 members (excludes halogenated alkanes) is 21. The van der Waals surface area contributed by atoms with Gasteiger partial charge in [-0.2, -0.15) is 0 Å². The third-order valence-corrected chi connectivity index (χ3v) is 11.8. The number of hydrogen-bond donors (Lipinski definition) is 0. The Balaban J connectivity index is 4.10. The van der Waals surface area contributed by atoms with Gasteiger partial charge in [0.15, 0.2) is 6.10 Å². The van der Waals surface area contributed by atoms with E-state index in [-0.39, 0.29) is 31.1 Å². The van der Waals surface area contributed by atoms with Crippen LogP contribution in [0.1, 0.15) is 252 Å². The second-order valence-corrected chi connectivity index (χ2v) is 18.4. The lowest BCUT2D eigenvalue weighted by molar-refractivity contribution is -0.167. The predicted octanol–water partition coefficient (Wildman–Crippen LogP) is 19.1. The SMILES string of the molecule is CC/C=C\C/C=C\C/C=C\C/C=C\C/C=C\C/C=C\CCCCCCCCCCCCCCC(=O)OCC(COC(=O)CCCCCCCCC)OC(=O)CCCCC/C=C\C/C=C\C/C=C\CC. The maximum Gasteiger partial charge on any atom is 0.306 e. The Bertz CT molecular complexity index is 1420. The molecule has 0 aromatic heterocycles. The van der Waals surface area contributed by atoms with Gasteiger partial charge in [0, 0.05) is 19.3 Å². The molecule has 0 aromatic carbocycles. The lowest BCUT2D eigenvalue weighted by Gasteiger charge is -2.18. The van der Waals surface area contributed by atoms with Crippen LogP contribution in [-0.2, 0) is 28.6 Å². The fourth-order valence-corrected chi connectivity index (χ4v) is 7.58. The van der Waals surface area contributed by atoms with Gasteiger partial charge in [0.25, 0.3) is 0 Å². The van der Waals surface area contributed by atoms with Crippen LogP contribution in [0.25, 0.3) is 0 Å². The fraction of sp³-hybridized carbons (Fsp3) is 0.667. The quantitative estimate of drug-likeness (QED) is 0.0262. The molecule has 0 spiro atoms. The average Bonchev–Trinajstić information content (AvgIpc) is 3.35. The van der Waals surface area contributed by atoms with E-state index in [2.05, 4.69) is 130 Å². The first-order valence-corrected chi connectivity index (χ1v) is 28.4. The maximum absolute atomic E-state index is 12.7. The monoisotopic (exact) mass is 957 g/mol. The zero-order chi connectivity index (χ0) is 50.0. The third-order valence-electron chi connectivity index (χ3n) is 11.8. The van der Waals surface area contributed by atoms with Crippen molar-refractivity contribution in [2.45, 2.75) is 258 Å². The number of carbonyl (C=O) groups excluding carboxylic acids is 3. The molecule has 1 atom stereocenters. The summed E-state index contributed by atoms with van der Waals surface area (Å²) in [6.07, 6.45) is 76.9. The second kappa shape index (κ2) is 56.7. The standard InChI is InChI=1S/C63H104O6/c1-4-7-10-13-16-18-20-22-23-24-25-26-27-28-29-30-31-32-33-34-35-36-37-38-39-41-42-44-47-50-53-56-62(65)68-59-60(58-67-61(64)55-52-49-46-15-12-9-6-3)69-63(66)57-54-51-48-45-43-40-21-19-17-14-11-8-5-2/h7-8,10-11,16-19,22-23,25-26,28-29,31-32,40,43,60H,4-6,9,12-15,20-21,24,27,30,33-39,41-42,44-59H2,1-3H3/b10-7-,11-8-,18-16-,19-17-,23-22-,26-25-,29-28-,32-31-,43-40-. The smallest absolute Gasteiger partial charge is 0.306 e. The second-order valence-electron chi connectivity index (χ2n) is 18.4. The van der Waals surface area contributed by atoms with Crippen LogP contribution in [0.5, 0.6) is 0 Å². The lowest BCUT2D eigenvalue weighted by atomic mass is 10.0. The van der Waals surface area contributed by atoms with Gasteiger partial charge in [-0.05, 0) is 103 Å². The Hall–Kier alpha value is -3.93. The fourth-order valence-electron chi connectivity index (χ4n) is 7.58. The van der Waals surface area contributed by atoms with Gasteiger partial charge in [-0.15, -0.1) is 0 Å². The van der Waals surface area contributed by atoms with Crippen molar-refractivity contribution in [3.63, 3.8) is 0 Å². The molecule has 0 aliphatic carbocycles. The van der Waals surface area contributed by atoms with Gasteiger partial charge in [-0.3, -0.25) is 14.4 Å². The van der Waals surface area contributed by atoms with Gasteiger partial charge >= 0.3 is 17.9 Å². The van der Waals surface area contributed by atoms with E-state index in [1.165, 1.54) is 89.9 Å². The summed E-state index contributed by atoms with van der Waals surface area (Å²) in [4.78, 5) is 37.8. The summed E-state index contributed by atoms with van der Waals surface area (Å²) in [6.45, 7) is 6.33. The van der Waals surface area contributed by atoms with E-state index >= 15 is 0 Å². The number of esters is 3. The largest absolute Gasteiger partial charge is 0.462 e. The van der Waals surface area contributed by atoms with E-state index in [4.69, 9.17) is 14.2 Å². The first-order valence-electron chi connectivity index (χ1n) is 28.4. The Morgan fingerprint density at radius 3 is 0.899 bits per heavy atom. The van der Waals surface area contributed by atoms with Crippen molar-refractivity contribution >= 4 is 17.9 Å². The molecule has 0 heterocycles. The number of carbonyl (C=O) groups is 3. The highest BCUT2D eigenvalue weighted by Crippen LogP contribution is 2.15. The van der Waals surface area contributed by atoms with Crippen molar-refractivity contribution in [1.29, 1.82) is 0 Å². The van der Waals surface area contributed by atoms with Gasteiger partial charge in [0.1, 0.15) is 13.2 Å². The zero-order valence-corrected chi connectivity index (χ0v) is 44.8. The maximum atomic E-state index is 12.7. The summed E-state index contributed by atoms with van der Waals surface area (Å²) >= 11 is 0. The molecule has 392 valence electrons. The van der Waals surface area contributed by atoms with E-state index < -0.39 is 6.10 Å². The summed E-state index contributed by atoms with van der Waals surface area (Å²) in [5.41, 5.74) is 0. The van der Waals surface area contributed by atoms with Crippen molar-refractivity contribution in [2.24, 2.45) is 0 Å². The van der Waals surface area contributed by atoms with Crippen LogP contribution >= 0.6 is 0 Å². The van der Waals surface area contributed by atoms with E-state index in [9.17, 15) is 14.4 Å². The van der Waals surface area contributed by atoms with Crippen LogP contribution < -0.4 is 0 Å². The topological polar surface area (TPSA) is 78.9 Å². The average molecular weight is 958 g/mol. The molecule has 0 aromatic rings. The molecule has 6 nitrogen and oxygen atoms in total. The molecular weight excluding hydrogens is 853 g/mol. The number of ether oxygens (including phenoxy) is 3. The molecule has 0 saturated heterocycles. The normalized spacial score (nSPS) is 12.9. The molecule has 6 heteroatoms. The lowest BCUT2D eigenvalue weighted by Crippen LogP contribution is -2.30. The van der Waals surface area contributed by atoms with Crippen molar-refractivity contribution < 1.29 is 28.6 Å². The van der Waals surface area contributed by atoms with Crippen LogP contribution in [0.15, 0.2) is 109 Å². The molecule has 0 N–H and O–H groups in total. The molecule has 0 fully saturated rings. The highest BCUT2D eigenvalue weighted by atomic mass is 16.6. The highest BCUT2D eigenvalue weighted by molar-refractivity contribution is 5.71.